The Morgan fingerprint density at radius 1 is 1.29 bits per heavy atom. The molecule has 4 heteroatoms. The second-order valence-corrected chi connectivity index (χ2v) is 8.40. The van der Waals surface area contributed by atoms with Gasteiger partial charge in [-0.3, -0.25) is 0 Å². The molecule has 98 valence electrons. The van der Waals surface area contributed by atoms with Gasteiger partial charge in [-0.05, 0) is 12.2 Å². The van der Waals surface area contributed by atoms with E-state index in [-0.39, 0.29) is 11.5 Å². The third-order valence-electron chi connectivity index (χ3n) is 2.36. The Morgan fingerprint density at radius 2 is 1.88 bits per heavy atom. The fourth-order valence-corrected chi connectivity index (χ4v) is 3.53. The number of nitrogens with zero attached hydrogens (tertiary/aromatic N) is 1. The maximum Gasteiger partial charge on any atom is 0.103 e. The fourth-order valence-electron chi connectivity index (χ4n) is 1.52. The molecule has 0 spiro atoms. The van der Waals surface area contributed by atoms with Crippen molar-refractivity contribution < 1.29 is 0 Å². The van der Waals surface area contributed by atoms with E-state index in [9.17, 15) is 0 Å². The number of thioether (sulfide) groups is 1. The minimum atomic E-state index is 0.0829. The number of nitrogens with two attached hydrogens (primary N) is 1. The molecule has 0 amide bonds. The first kappa shape index (κ1) is 15.0. The van der Waals surface area contributed by atoms with Crippen LogP contribution in [0.5, 0.6) is 0 Å². The minimum absolute atomic E-state index is 0.0829. The van der Waals surface area contributed by atoms with Crippen LogP contribution in [0.3, 0.4) is 0 Å². The zero-order valence-corrected chi connectivity index (χ0v) is 13.3. The molecular weight excluding hydrogens is 248 g/mol. The standard InChI is InChI=1S/C13H24N2S2/c1-8(2)16-7-10-15-12(13(4,5)6)11(17-10)9(3)14/h8-9H,7,14H2,1-6H3. The summed E-state index contributed by atoms with van der Waals surface area (Å²) in [5, 5.41) is 1.86. The highest BCUT2D eigenvalue weighted by Crippen LogP contribution is 2.34. The summed E-state index contributed by atoms with van der Waals surface area (Å²) >= 11 is 3.72. The van der Waals surface area contributed by atoms with E-state index >= 15 is 0 Å². The zero-order valence-electron chi connectivity index (χ0n) is 11.7. The summed E-state index contributed by atoms with van der Waals surface area (Å²) in [4.78, 5) is 6.04. The molecule has 1 atom stereocenters. The van der Waals surface area contributed by atoms with Gasteiger partial charge in [0.15, 0.2) is 0 Å². The number of hydrogen-bond acceptors (Lipinski definition) is 4. The number of aromatic nitrogens is 1. The Kier molecular flexibility index (Phi) is 5.05. The predicted octanol–water partition coefficient (Wildman–Crippen LogP) is 4.10. The van der Waals surface area contributed by atoms with E-state index in [1.807, 2.05) is 18.7 Å². The molecule has 2 nitrogen and oxygen atoms in total. The summed E-state index contributed by atoms with van der Waals surface area (Å²) in [7, 11) is 0. The van der Waals surface area contributed by atoms with E-state index in [1.165, 1.54) is 15.6 Å². The Bertz CT molecular complexity index is 362. The van der Waals surface area contributed by atoms with Crippen LogP contribution in [0.1, 0.15) is 63.2 Å². The third kappa shape index (κ3) is 4.27. The van der Waals surface area contributed by atoms with Crippen molar-refractivity contribution in [3.63, 3.8) is 0 Å². The van der Waals surface area contributed by atoms with Crippen molar-refractivity contribution in [3.8, 4) is 0 Å². The van der Waals surface area contributed by atoms with Crippen LogP contribution in [0.4, 0.5) is 0 Å². The first-order valence-corrected chi connectivity index (χ1v) is 7.95. The van der Waals surface area contributed by atoms with Crippen LogP contribution in [-0.2, 0) is 11.2 Å². The molecule has 1 unspecified atom stereocenters. The van der Waals surface area contributed by atoms with Crippen molar-refractivity contribution in [2.75, 3.05) is 0 Å². The maximum atomic E-state index is 6.04. The topological polar surface area (TPSA) is 38.9 Å². The van der Waals surface area contributed by atoms with Crippen LogP contribution in [-0.4, -0.2) is 10.2 Å². The van der Waals surface area contributed by atoms with Crippen LogP contribution in [0.15, 0.2) is 0 Å². The van der Waals surface area contributed by atoms with Crippen molar-refractivity contribution in [2.45, 2.75) is 64.0 Å². The van der Waals surface area contributed by atoms with E-state index < -0.39 is 0 Å². The molecule has 2 N–H and O–H groups in total. The molecule has 1 heterocycles. The van der Waals surface area contributed by atoms with Crippen LogP contribution in [0.2, 0.25) is 0 Å². The lowest BCUT2D eigenvalue weighted by molar-refractivity contribution is 0.559. The molecule has 0 saturated carbocycles. The number of thiazole rings is 1. The molecule has 0 bridgehead atoms. The predicted molar refractivity (Wildman–Crippen MR) is 79.8 cm³/mol. The lowest BCUT2D eigenvalue weighted by Crippen LogP contribution is -2.17. The first-order valence-electron chi connectivity index (χ1n) is 6.09. The molecule has 0 aliphatic rings. The lowest BCUT2D eigenvalue weighted by atomic mass is 9.90. The number of rotatable bonds is 4. The van der Waals surface area contributed by atoms with Crippen molar-refractivity contribution in [1.29, 1.82) is 0 Å². The quantitative estimate of drug-likeness (QED) is 0.897. The normalized spacial score (nSPS) is 14.4. The largest absolute Gasteiger partial charge is 0.323 e. The molecule has 17 heavy (non-hydrogen) atoms. The van der Waals surface area contributed by atoms with Gasteiger partial charge in [-0.25, -0.2) is 4.98 Å². The van der Waals surface area contributed by atoms with E-state index in [2.05, 4.69) is 34.6 Å². The summed E-state index contributed by atoms with van der Waals surface area (Å²) in [6.45, 7) is 13.1. The van der Waals surface area contributed by atoms with Crippen molar-refractivity contribution in [3.05, 3.63) is 15.6 Å². The molecular formula is C13H24N2S2. The summed E-state index contributed by atoms with van der Waals surface area (Å²) in [6, 6.07) is 0.0829. The zero-order chi connectivity index (χ0) is 13.2. The van der Waals surface area contributed by atoms with Gasteiger partial charge >= 0.3 is 0 Å². The molecule has 1 aromatic rings. The van der Waals surface area contributed by atoms with Gasteiger partial charge in [0.1, 0.15) is 5.01 Å². The van der Waals surface area contributed by atoms with Gasteiger partial charge in [0.25, 0.3) is 0 Å². The monoisotopic (exact) mass is 272 g/mol. The van der Waals surface area contributed by atoms with E-state index in [4.69, 9.17) is 10.7 Å². The second kappa shape index (κ2) is 5.72. The Balaban J connectivity index is 2.96. The fraction of sp³-hybridized carbons (Fsp3) is 0.769. The summed E-state index contributed by atoms with van der Waals surface area (Å²) in [5.41, 5.74) is 7.31. The molecule has 1 rings (SSSR count). The number of hydrogen-bond donors (Lipinski definition) is 1. The average molecular weight is 272 g/mol. The van der Waals surface area contributed by atoms with Crippen LogP contribution in [0.25, 0.3) is 0 Å². The molecule has 0 radical (unpaired) electrons. The Morgan fingerprint density at radius 3 is 2.24 bits per heavy atom. The van der Waals surface area contributed by atoms with Crippen molar-refractivity contribution in [2.24, 2.45) is 5.73 Å². The van der Waals surface area contributed by atoms with Gasteiger partial charge in [-0.1, -0.05) is 34.6 Å². The molecule has 0 aromatic carbocycles. The summed E-state index contributed by atoms with van der Waals surface area (Å²) in [5.74, 6) is 0.998. The van der Waals surface area contributed by atoms with Gasteiger partial charge in [-0.15, -0.1) is 11.3 Å². The molecule has 0 saturated heterocycles. The molecule has 0 aliphatic carbocycles. The van der Waals surface area contributed by atoms with E-state index in [0.29, 0.717) is 5.25 Å². The van der Waals surface area contributed by atoms with Crippen LogP contribution in [0, 0.1) is 0 Å². The van der Waals surface area contributed by atoms with Gasteiger partial charge in [0, 0.05) is 22.1 Å². The van der Waals surface area contributed by atoms with E-state index in [1.54, 1.807) is 11.3 Å². The highest BCUT2D eigenvalue weighted by molar-refractivity contribution is 7.99. The summed E-state index contributed by atoms with van der Waals surface area (Å²) in [6.07, 6.45) is 0. The maximum absolute atomic E-state index is 6.04. The minimum Gasteiger partial charge on any atom is -0.323 e. The van der Waals surface area contributed by atoms with Crippen molar-refractivity contribution >= 4 is 23.1 Å². The second-order valence-electron chi connectivity index (χ2n) is 5.72. The molecule has 1 aromatic heterocycles. The first-order chi connectivity index (χ1) is 7.71. The Hall–Kier alpha value is -0.0600. The van der Waals surface area contributed by atoms with Crippen molar-refractivity contribution in [1.82, 2.24) is 4.98 Å². The van der Waals surface area contributed by atoms with Gasteiger partial charge in [0.2, 0.25) is 0 Å². The van der Waals surface area contributed by atoms with Crippen LogP contribution < -0.4 is 5.73 Å². The van der Waals surface area contributed by atoms with E-state index in [0.717, 1.165) is 5.75 Å². The SMILES string of the molecule is CC(C)SCc1nc(C(C)(C)C)c(C(C)N)s1. The molecule has 0 fully saturated rings. The Labute approximate surface area is 113 Å². The lowest BCUT2D eigenvalue weighted by Gasteiger charge is -2.18. The summed E-state index contributed by atoms with van der Waals surface area (Å²) < 4.78 is 0. The third-order valence-corrected chi connectivity index (χ3v) is 4.91. The highest BCUT2D eigenvalue weighted by Gasteiger charge is 2.24. The van der Waals surface area contributed by atoms with Gasteiger partial charge < -0.3 is 5.73 Å². The van der Waals surface area contributed by atoms with Gasteiger partial charge in [-0.2, -0.15) is 11.8 Å². The molecule has 0 aliphatic heterocycles. The van der Waals surface area contributed by atoms with Crippen LogP contribution >= 0.6 is 23.1 Å². The smallest absolute Gasteiger partial charge is 0.103 e. The van der Waals surface area contributed by atoms with Gasteiger partial charge in [0.05, 0.1) is 5.69 Å². The highest BCUT2D eigenvalue weighted by atomic mass is 32.2. The average Bonchev–Trinajstić information content (AvgIpc) is 2.57.